The first-order valence-corrected chi connectivity index (χ1v) is 7.31. The van der Waals surface area contributed by atoms with Crippen molar-refractivity contribution in [1.29, 1.82) is 0 Å². The predicted molar refractivity (Wildman–Crippen MR) is 78.0 cm³/mol. The second-order valence-electron chi connectivity index (χ2n) is 6.59. The van der Waals surface area contributed by atoms with E-state index in [1.165, 1.54) is 6.42 Å². The number of ether oxygens (including phenoxy) is 1. The lowest BCUT2D eigenvalue weighted by atomic mass is 9.82. The molecule has 1 fully saturated rings. The van der Waals surface area contributed by atoms with Crippen LogP contribution in [-0.4, -0.2) is 42.5 Å². The fourth-order valence-corrected chi connectivity index (χ4v) is 2.57. The summed E-state index contributed by atoms with van der Waals surface area (Å²) in [7, 11) is 1.76. The molecule has 1 rings (SSSR count). The Balaban J connectivity index is 2.61. The summed E-state index contributed by atoms with van der Waals surface area (Å²) in [6.07, 6.45) is 5.12. The van der Waals surface area contributed by atoms with Crippen LogP contribution in [0.3, 0.4) is 0 Å². The van der Waals surface area contributed by atoms with Gasteiger partial charge < -0.3 is 15.4 Å². The van der Waals surface area contributed by atoms with E-state index in [4.69, 9.17) is 15.3 Å². The maximum atomic E-state index is 12.1. The van der Waals surface area contributed by atoms with Crippen molar-refractivity contribution < 1.29 is 14.4 Å². The van der Waals surface area contributed by atoms with E-state index in [0.717, 1.165) is 25.7 Å². The van der Waals surface area contributed by atoms with Gasteiger partial charge in [0.25, 0.3) is 0 Å². The maximum Gasteiger partial charge on any atom is 0.410 e. The second kappa shape index (κ2) is 7.24. The van der Waals surface area contributed by atoms with Gasteiger partial charge in [0, 0.05) is 13.6 Å². The van der Waals surface area contributed by atoms with Gasteiger partial charge in [-0.15, -0.1) is 0 Å². The lowest BCUT2D eigenvalue weighted by molar-refractivity contribution is -0.0478. The minimum atomic E-state index is -0.480. The summed E-state index contributed by atoms with van der Waals surface area (Å²) >= 11 is 0. The van der Waals surface area contributed by atoms with Crippen molar-refractivity contribution in [3.05, 3.63) is 0 Å². The maximum absolute atomic E-state index is 12.1. The normalized spacial score (nSPS) is 18.6. The molecule has 0 aliphatic heterocycles. The fraction of sp³-hybridized carbons (Fsp3) is 0.929. The topological polar surface area (TPSA) is 76.8 Å². The molecule has 0 bridgehead atoms. The molecule has 6 heteroatoms. The molecule has 118 valence electrons. The minimum absolute atomic E-state index is 0.123. The number of hydrogen-bond donors (Lipinski definition) is 2. The van der Waals surface area contributed by atoms with E-state index >= 15 is 0 Å². The number of rotatable bonds is 5. The Kier molecular flexibility index (Phi) is 6.23. The van der Waals surface area contributed by atoms with Crippen molar-refractivity contribution in [3.8, 4) is 0 Å². The van der Waals surface area contributed by atoms with Crippen molar-refractivity contribution in [2.45, 2.75) is 64.0 Å². The number of nitrogens with one attached hydrogen (secondary N) is 1. The molecule has 1 saturated carbocycles. The molecule has 0 aromatic carbocycles. The first kappa shape index (κ1) is 17.2. The van der Waals surface area contributed by atoms with Crippen LogP contribution in [0.5, 0.6) is 0 Å². The zero-order valence-electron chi connectivity index (χ0n) is 13.2. The van der Waals surface area contributed by atoms with Gasteiger partial charge in [0.1, 0.15) is 12.3 Å². The minimum Gasteiger partial charge on any atom is -0.444 e. The quantitative estimate of drug-likeness (QED) is 0.597. The number of nitrogens with two attached hydrogens (primary N) is 1. The first-order valence-electron chi connectivity index (χ1n) is 7.31. The Morgan fingerprint density at radius 3 is 2.40 bits per heavy atom. The number of carbonyl (C=O) groups excluding carboxylic acids is 1. The molecule has 1 aliphatic carbocycles. The van der Waals surface area contributed by atoms with E-state index in [1.54, 1.807) is 11.9 Å². The number of nitrogens with zero attached hydrogens (tertiary/aromatic N) is 1. The van der Waals surface area contributed by atoms with Crippen LogP contribution >= 0.6 is 0 Å². The van der Waals surface area contributed by atoms with Gasteiger partial charge in [-0.25, -0.2) is 4.79 Å². The SMILES string of the molecule is CN(CC1(NOCN)CCCCC1)C(=O)OC(C)(C)C. The van der Waals surface area contributed by atoms with Gasteiger partial charge in [-0.05, 0) is 33.6 Å². The standard InChI is InChI=1S/C14H29N3O3/c1-13(2,3)20-12(18)17(4)10-14(16-19-11-15)8-6-5-7-9-14/h16H,5-11,15H2,1-4H3. The van der Waals surface area contributed by atoms with Crippen LogP contribution in [0.4, 0.5) is 4.79 Å². The van der Waals surface area contributed by atoms with E-state index in [-0.39, 0.29) is 18.4 Å². The second-order valence-corrected chi connectivity index (χ2v) is 6.59. The lowest BCUT2D eigenvalue weighted by Gasteiger charge is -2.40. The zero-order chi connectivity index (χ0) is 15.2. The molecule has 0 atom stereocenters. The molecule has 20 heavy (non-hydrogen) atoms. The summed E-state index contributed by atoms with van der Waals surface area (Å²) in [4.78, 5) is 18.9. The Morgan fingerprint density at radius 1 is 1.30 bits per heavy atom. The van der Waals surface area contributed by atoms with Crippen LogP contribution < -0.4 is 11.2 Å². The largest absolute Gasteiger partial charge is 0.444 e. The fourth-order valence-electron chi connectivity index (χ4n) is 2.57. The van der Waals surface area contributed by atoms with Crippen LogP contribution in [0, 0.1) is 0 Å². The Labute approximate surface area is 121 Å². The molecule has 0 heterocycles. The average Bonchev–Trinajstić information content (AvgIpc) is 2.35. The molecule has 0 spiro atoms. The third kappa shape index (κ3) is 5.64. The summed E-state index contributed by atoms with van der Waals surface area (Å²) in [5.41, 5.74) is 7.75. The Bertz CT molecular complexity index is 309. The number of carbonyl (C=O) groups is 1. The third-order valence-electron chi connectivity index (χ3n) is 3.43. The molecule has 3 N–H and O–H groups in total. The van der Waals surface area contributed by atoms with Crippen molar-refractivity contribution in [3.63, 3.8) is 0 Å². The molecule has 0 saturated heterocycles. The van der Waals surface area contributed by atoms with E-state index in [2.05, 4.69) is 5.48 Å². The van der Waals surface area contributed by atoms with Gasteiger partial charge in [-0.2, -0.15) is 5.48 Å². The zero-order valence-corrected chi connectivity index (χ0v) is 13.2. The molecule has 1 aliphatic rings. The number of likely N-dealkylation sites (N-methyl/N-ethyl adjacent to an activating group) is 1. The Hall–Kier alpha value is -0.850. The van der Waals surface area contributed by atoms with E-state index in [0.29, 0.717) is 6.54 Å². The summed E-state index contributed by atoms with van der Waals surface area (Å²) in [6.45, 7) is 6.28. The van der Waals surface area contributed by atoms with Crippen LogP contribution in [0.1, 0.15) is 52.9 Å². The number of amides is 1. The molecular formula is C14H29N3O3. The van der Waals surface area contributed by atoms with Gasteiger partial charge in [0.15, 0.2) is 0 Å². The highest BCUT2D eigenvalue weighted by atomic mass is 16.7. The number of hydrogen-bond acceptors (Lipinski definition) is 5. The van der Waals surface area contributed by atoms with Gasteiger partial charge in [-0.3, -0.25) is 4.84 Å². The predicted octanol–water partition coefficient (Wildman–Crippen LogP) is 1.99. The third-order valence-corrected chi connectivity index (χ3v) is 3.43. The molecule has 0 radical (unpaired) electrons. The monoisotopic (exact) mass is 287 g/mol. The first-order chi connectivity index (χ1) is 9.28. The highest BCUT2D eigenvalue weighted by molar-refractivity contribution is 5.67. The lowest BCUT2D eigenvalue weighted by Crippen LogP contribution is -2.55. The van der Waals surface area contributed by atoms with Gasteiger partial charge >= 0.3 is 6.09 Å². The van der Waals surface area contributed by atoms with Crippen LogP contribution in [-0.2, 0) is 9.57 Å². The smallest absolute Gasteiger partial charge is 0.410 e. The van der Waals surface area contributed by atoms with Crippen molar-refractivity contribution in [2.24, 2.45) is 5.73 Å². The van der Waals surface area contributed by atoms with Crippen molar-refractivity contribution in [2.75, 3.05) is 20.3 Å². The number of hydroxylamine groups is 1. The van der Waals surface area contributed by atoms with Crippen LogP contribution in [0.2, 0.25) is 0 Å². The molecule has 6 nitrogen and oxygen atoms in total. The molecule has 0 unspecified atom stereocenters. The van der Waals surface area contributed by atoms with Crippen molar-refractivity contribution in [1.82, 2.24) is 10.4 Å². The molecule has 0 aromatic heterocycles. The average molecular weight is 287 g/mol. The van der Waals surface area contributed by atoms with E-state index in [9.17, 15) is 4.79 Å². The highest BCUT2D eigenvalue weighted by Gasteiger charge is 2.35. The van der Waals surface area contributed by atoms with Crippen LogP contribution in [0.25, 0.3) is 0 Å². The van der Waals surface area contributed by atoms with E-state index < -0.39 is 5.60 Å². The Morgan fingerprint density at radius 2 is 1.90 bits per heavy atom. The van der Waals surface area contributed by atoms with Gasteiger partial charge in [0.2, 0.25) is 0 Å². The van der Waals surface area contributed by atoms with Crippen molar-refractivity contribution >= 4 is 6.09 Å². The molecule has 0 aromatic rings. The van der Waals surface area contributed by atoms with Crippen LogP contribution in [0.15, 0.2) is 0 Å². The summed E-state index contributed by atoms with van der Waals surface area (Å²) in [5.74, 6) is 0. The molecular weight excluding hydrogens is 258 g/mol. The summed E-state index contributed by atoms with van der Waals surface area (Å²) in [5, 5.41) is 0. The van der Waals surface area contributed by atoms with Gasteiger partial charge in [-0.1, -0.05) is 19.3 Å². The highest BCUT2D eigenvalue weighted by Crippen LogP contribution is 2.29. The van der Waals surface area contributed by atoms with E-state index in [1.807, 2.05) is 20.8 Å². The summed E-state index contributed by atoms with van der Waals surface area (Å²) in [6, 6.07) is 0. The molecule has 1 amide bonds. The summed E-state index contributed by atoms with van der Waals surface area (Å²) < 4.78 is 5.38. The van der Waals surface area contributed by atoms with Gasteiger partial charge in [0.05, 0.1) is 5.54 Å².